The molecule has 2 aliphatic heterocycles. The second-order valence-corrected chi connectivity index (χ2v) is 11.5. The average Bonchev–Trinajstić information content (AvgIpc) is 3.29. The summed E-state index contributed by atoms with van der Waals surface area (Å²) in [5.74, 6) is -1.97. The number of hydrogen-bond acceptors (Lipinski definition) is 4. The standard InChI is InChI=1S/C31H25ClFNO3/c1-30(2,3)29(37)26-25(17-8-12-20(33)13-9-17)31(27(35)21-6-4-5-7-22(21)28(31)36)24-15-10-18-16-19(32)11-14-23(18)34(24)26/h4-16,24-26H,1-3H3. The van der Waals surface area contributed by atoms with E-state index in [1.54, 1.807) is 42.5 Å². The van der Waals surface area contributed by atoms with Gasteiger partial charge in [-0.2, -0.15) is 0 Å². The van der Waals surface area contributed by atoms with Crippen LogP contribution in [0.4, 0.5) is 10.1 Å². The first-order valence-electron chi connectivity index (χ1n) is 12.3. The lowest BCUT2D eigenvalue weighted by Crippen LogP contribution is -2.49. The van der Waals surface area contributed by atoms with E-state index >= 15 is 0 Å². The number of ketones is 3. The van der Waals surface area contributed by atoms with Gasteiger partial charge >= 0.3 is 0 Å². The summed E-state index contributed by atoms with van der Waals surface area (Å²) >= 11 is 6.30. The van der Waals surface area contributed by atoms with Gasteiger partial charge in [0.15, 0.2) is 17.3 Å². The van der Waals surface area contributed by atoms with E-state index in [9.17, 15) is 18.8 Å². The van der Waals surface area contributed by atoms with Gasteiger partial charge in [-0.25, -0.2) is 4.39 Å². The molecule has 1 saturated heterocycles. The molecule has 3 aromatic rings. The van der Waals surface area contributed by atoms with Gasteiger partial charge in [0, 0.05) is 33.2 Å². The molecule has 1 aliphatic carbocycles. The molecule has 1 spiro atoms. The van der Waals surface area contributed by atoms with Gasteiger partial charge in [-0.05, 0) is 41.5 Å². The lowest BCUT2D eigenvalue weighted by molar-refractivity contribution is -0.127. The molecule has 3 aliphatic rings. The third-order valence-electron chi connectivity index (χ3n) is 8.00. The number of benzene rings is 3. The maximum Gasteiger partial charge on any atom is 0.180 e. The quantitative estimate of drug-likeness (QED) is 0.366. The van der Waals surface area contributed by atoms with E-state index in [0.29, 0.717) is 21.7 Å². The molecule has 1 fully saturated rings. The second kappa shape index (κ2) is 7.96. The van der Waals surface area contributed by atoms with Gasteiger partial charge in [-0.1, -0.05) is 80.9 Å². The highest BCUT2D eigenvalue weighted by Crippen LogP contribution is 2.61. The SMILES string of the molecule is CC(C)(C)C(=O)C1C(c2ccc(F)cc2)C2(C(=O)c3ccccc3C2=O)C2C=Cc3cc(Cl)ccc3N12. The van der Waals surface area contributed by atoms with E-state index < -0.39 is 34.6 Å². The van der Waals surface area contributed by atoms with Crippen LogP contribution in [0.2, 0.25) is 5.02 Å². The van der Waals surface area contributed by atoms with Crippen molar-refractivity contribution in [3.63, 3.8) is 0 Å². The van der Waals surface area contributed by atoms with Crippen molar-refractivity contribution in [2.24, 2.45) is 10.8 Å². The number of carbonyl (C=O) groups excluding carboxylic acids is 3. The van der Waals surface area contributed by atoms with Crippen LogP contribution in [0.5, 0.6) is 0 Å². The smallest absolute Gasteiger partial charge is 0.180 e. The van der Waals surface area contributed by atoms with Crippen LogP contribution in [0.1, 0.15) is 58.5 Å². The van der Waals surface area contributed by atoms with Crippen molar-refractivity contribution < 1.29 is 18.8 Å². The van der Waals surface area contributed by atoms with Gasteiger partial charge in [0.2, 0.25) is 0 Å². The van der Waals surface area contributed by atoms with Crippen LogP contribution in [0.25, 0.3) is 6.08 Å². The molecule has 4 nitrogen and oxygen atoms in total. The molecule has 3 atom stereocenters. The largest absolute Gasteiger partial charge is 0.352 e. The number of Topliss-reactive ketones (excluding diaryl/α,β-unsaturated/α-hetero) is 3. The summed E-state index contributed by atoms with van der Waals surface area (Å²) < 4.78 is 14.1. The molecule has 186 valence electrons. The second-order valence-electron chi connectivity index (χ2n) is 11.1. The van der Waals surface area contributed by atoms with Crippen molar-refractivity contribution in [1.82, 2.24) is 0 Å². The van der Waals surface area contributed by atoms with Crippen LogP contribution < -0.4 is 4.90 Å². The minimum atomic E-state index is -1.58. The normalized spacial score (nSPS) is 23.3. The Kier molecular flexibility index (Phi) is 5.12. The van der Waals surface area contributed by atoms with Crippen molar-refractivity contribution in [1.29, 1.82) is 0 Å². The Morgan fingerprint density at radius 1 is 0.946 bits per heavy atom. The molecule has 6 heteroatoms. The Bertz CT molecular complexity index is 1480. The van der Waals surface area contributed by atoms with E-state index in [4.69, 9.17) is 11.6 Å². The summed E-state index contributed by atoms with van der Waals surface area (Å²) in [6.45, 7) is 5.52. The average molecular weight is 514 g/mol. The van der Waals surface area contributed by atoms with E-state index in [1.807, 2.05) is 50.0 Å². The van der Waals surface area contributed by atoms with Crippen LogP contribution in [0, 0.1) is 16.6 Å². The molecule has 0 saturated carbocycles. The molecule has 0 radical (unpaired) electrons. The van der Waals surface area contributed by atoms with Crippen molar-refractivity contribution in [3.8, 4) is 0 Å². The van der Waals surface area contributed by atoms with Gasteiger partial charge in [0.05, 0.1) is 12.1 Å². The third kappa shape index (κ3) is 3.16. The predicted octanol–water partition coefficient (Wildman–Crippen LogP) is 6.53. The van der Waals surface area contributed by atoms with Crippen LogP contribution in [-0.4, -0.2) is 29.4 Å². The molecule has 37 heavy (non-hydrogen) atoms. The van der Waals surface area contributed by atoms with E-state index in [2.05, 4.69) is 0 Å². The fourth-order valence-corrected chi connectivity index (χ4v) is 6.62. The molecular formula is C31H25ClFNO3. The highest BCUT2D eigenvalue weighted by Gasteiger charge is 2.71. The van der Waals surface area contributed by atoms with Crippen molar-refractivity contribution in [2.75, 3.05) is 4.90 Å². The van der Waals surface area contributed by atoms with Gasteiger partial charge in [0.25, 0.3) is 0 Å². The first-order chi connectivity index (χ1) is 17.6. The van der Waals surface area contributed by atoms with Crippen LogP contribution in [0.3, 0.4) is 0 Å². The van der Waals surface area contributed by atoms with Crippen LogP contribution in [-0.2, 0) is 4.79 Å². The van der Waals surface area contributed by atoms with E-state index in [0.717, 1.165) is 11.3 Å². The molecule has 3 aromatic carbocycles. The zero-order valence-electron chi connectivity index (χ0n) is 20.7. The van der Waals surface area contributed by atoms with E-state index in [1.165, 1.54) is 12.1 Å². The molecular weight excluding hydrogens is 489 g/mol. The molecule has 3 unspecified atom stereocenters. The monoisotopic (exact) mass is 513 g/mol. The summed E-state index contributed by atoms with van der Waals surface area (Å²) in [6, 6.07) is 16.5. The van der Waals surface area contributed by atoms with E-state index in [-0.39, 0.29) is 17.3 Å². The number of carbonyl (C=O) groups is 3. The minimum Gasteiger partial charge on any atom is -0.352 e. The molecule has 2 heterocycles. The van der Waals surface area contributed by atoms with Gasteiger partial charge in [-0.15, -0.1) is 0 Å². The maximum absolute atomic E-state index is 14.4. The number of rotatable bonds is 2. The number of halogens is 2. The maximum atomic E-state index is 14.4. The van der Waals surface area contributed by atoms with Crippen molar-refractivity contribution >= 4 is 40.7 Å². The molecule has 0 N–H and O–H groups in total. The highest BCUT2D eigenvalue weighted by molar-refractivity contribution is 6.32. The first kappa shape index (κ1) is 23.8. The molecule has 0 aromatic heterocycles. The highest BCUT2D eigenvalue weighted by atomic mass is 35.5. The molecule has 0 amide bonds. The lowest BCUT2D eigenvalue weighted by Gasteiger charge is -2.38. The fourth-order valence-electron chi connectivity index (χ4n) is 6.43. The fraction of sp³-hybridized carbons (Fsp3) is 0.258. The number of anilines is 1. The Hall–Kier alpha value is -3.57. The van der Waals surface area contributed by atoms with Crippen LogP contribution >= 0.6 is 11.6 Å². The van der Waals surface area contributed by atoms with Crippen molar-refractivity contribution in [2.45, 2.75) is 38.8 Å². The van der Waals surface area contributed by atoms with Gasteiger partial charge in [-0.3, -0.25) is 14.4 Å². The number of fused-ring (bicyclic) bond motifs is 5. The summed E-state index contributed by atoms with van der Waals surface area (Å²) in [5, 5.41) is 0.546. The summed E-state index contributed by atoms with van der Waals surface area (Å²) in [5.41, 5.74) is 0.487. The Balaban J connectivity index is 1.70. The summed E-state index contributed by atoms with van der Waals surface area (Å²) in [7, 11) is 0. The lowest BCUT2D eigenvalue weighted by atomic mass is 9.63. The Morgan fingerprint density at radius 3 is 2.16 bits per heavy atom. The van der Waals surface area contributed by atoms with Crippen molar-refractivity contribution in [3.05, 3.63) is 106 Å². The molecule has 0 bridgehead atoms. The molecule has 6 rings (SSSR count). The first-order valence-corrected chi connectivity index (χ1v) is 12.7. The predicted molar refractivity (Wildman–Crippen MR) is 142 cm³/mol. The van der Waals surface area contributed by atoms with Gasteiger partial charge in [0.1, 0.15) is 11.2 Å². The Morgan fingerprint density at radius 2 is 1.57 bits per heavy atom. The third-order valence-corrected chi connectivity index (χ3v) is 8.24. The zero-order chi connectivity index (χ0) is 26.3. The summed E-state index contributed by atoms with van der Waals surface area (Å²) in [4.78, 5) is 45.1. The Labute approximate surface area is 219 Å². The van der Waals surface area contributed by atoms with Gasteiger partial charge < -0.3 is 4.90 Å². The number of nitrogens with zero attached hydrogens (tertiary/aromatic N) is 1. The number of hydrogen-bond donors (Lipinski definition) is 0. The topological polar surface area (TPSA) is 54.5 Å². The summed E-state index contributed by atoms with van der Waals surface area (Å²) in [6.07, 6.45) is 3.73. The van der Waals surface area contributed by atoms with Crippen LogP contribution in [0.15, 0.2) is 72.8 Å². The zero-order valence-corrected chi connectivity index (χ0v) is 21.4. The minimum absolute atomic E-state index is 0.101.